The lowest BCUT2D eigenvalue weighted by Gasteiger charge is -2.27. The molecule has 0 aliphatic carbocycles. The van der Waals surface area contributed by atoms with E-state index in [1.807, 2.05) is 12.1 Å². The Bertz CT molecular complexity index is 797. The summed E-state index contributed by atoms with van der Waals surface area (Å²) in [5.41, 5.74) is 3.82. The number of hydrogen-bond acceptors (Lipinski definition) is 3. The van der Waals surface area contributed by atoms with Gasteiger partial charge in [-0.15, -0.1) is 0 Å². The maximum atomic E-state index is 6.18. The van der Waals surface area contributed by atoms with Crippen LogP contribution in [-0.2, 0) is 10.8 Å². The Morgan fingerprint density at radius 3 is 2.20 bits per heavy atom. The Morgan fingerprint density at radius 1 is 0.833 bits per heavy atom. The Balaban J connectivity index is 1.94. The van der Waals surface area contributed by atoms with Gasteiger partial charge in [-0.1, -0.05) is 73.6 Å². The van der Waals surface area contributed by atoms with E-state index in [0.717, 1.165) is 36.8 Å². The van der Waals surface area contributed by atoms with E-state index < -0.39 is 0 Å². The van der Waals surface area contributed by atoms with Crippen molar-refractivity contribution in [1.82, 2.24) is 0 Å². The van der Waals surface area contributed by atoms with E-state index >= 15 is 0 Å². The minimum atomic E-state index is 0.0334. The molecule has 0 heterocycles. The van der Waals surface area contributed by atoms with Crippen molar-refractivity contribution in [3.63, 3.8) is 0 Å². The molecule has 0 aromatic heterocycles. The van der Waals surface area contributed by atoms with Gasteiger partial charge in [0.05, 0.1) is 6.61 Å². The maximum absolute atomic E-state index is 6.18. The molecule has 0 aliphatic heterocycles. The fourth-order valence-electron chi connectivity index (χ4n) is 3.17. The van der Waals surface area contributed by atoms with Gasteiger partial charge in [-0.05, 0) is 52.5 Å². The predicted octanol–water partition coefficient (Wildman–Crippen LogP) is 7.20. The molecular formula is C27H41NO2. The molecule has 2 aromatic carbocycles. The van der Waals surface area contributed by atoms with Crippen molar-refractivity contribution in [2.75, 3.05) is 25.1 Å². The number of nitrogens with one attached hydrogen (secondary N) is 1. The summed E-state index contributed by atoms with van der Waals surface area (Å²) in [6.07, 6.45) is 1.07. The fraction of sp³-hybridized carbons (Fsp3) is 0.556. The number of benzene rings is 2. The normalized spacial score (nSPS) is 12.2. The minimum absolute atomic E-state index is 0.0334. The summed E-state index contributed by atoms with van der Waals surface area (Å²) in [5.74, 6) is 2.54. The van der Waals surface area contributed by atoms with Crippen LogP contribution in [0.2, 0.25) is 0 Å². The van der Waals surface area contributed by atoms with E-state index in [1.165, 1.54) is 11.1 Å². The van der Waals surface area contributed by atoms with Crippen LogP contribution >= 0.6 is 0 Å². The van der Waals surface area contributed by atoms with Gasteiger partial charge >= 0.3 is 0 Å². The summed E-state index contributed by atoms with van der Waals surface area (Å²) in [6.45, 7) is 20.0. The smallest absolute Gasteiger partial charge is 0.123 e. The Morgan fingerprint density at radius 2 is 1.57 bits per heavy atom. The highest BCUT2D eigenvalue weighted by molar-refractivity contribution is 5.48. The second kappa shape index (κ2) is 10.2. The van der Waals surface area contributed by atoms with Gasteiger partial charge in [0.2, 0.25) is 0 Å². The third-order valence-corrected chi connectivity index (χ3v) is 5.14. The molecule has 0 saturated heterocycles. The zero-order valence-electron chi connectivity index (χ0n) is 20.3. The highest BCUT2D eigenvalue weighted by atomic mass is 16.5. The van der Waals surface area contributed by atoms with Gasteiger partial charge in [-0.25, -0.2) is 0 Å². The summed E-state index contributed by atoms with van der Waals surface area (Å²) in [5, 5.41) is 3.44. The summed E-state index contributed by atoms with van der Waals surface area (Å²) in [4.78, 5) is 0. The molecule has 0 aliphatic rings. The van der Waals surface area contributed by atoms with Crippen LogP contribution < -0.4 is 14.8 Å². The van der Waals surface area contributed by atoms with Crippen molar-refractivity contribution in [2.24, 2.45) is 5.92 Å². The highest BCUT2D eigenvalue weighted by Gasteiger charge is 2.23. The zero-order valence-corrected chi connectivity index (χ0v) is 20.3. The number of hydrogen-bond donors (Lipinski definition) is 1. The fourth-order valence-corrected chi connectivity index (χ4v) is 3.17. The van der Waals surface area contributed by atoms with Crippen LogP contribution in [0.5, 0.6) is 11.5 Å². The summed E-state index contributed by atoms with van der Waals surface area (Å²) in [7, 11) is 0. The first-order valence-electron chi connectivity index (χ1n) is 11.2. The van der Waals surface area contributed by atoms with Crippen LogP contribution in [-0.4, -0.2) is 19.8 Å². The predicted molar refractivity (Wildman–Crippen MR) is 129 cm³/mol. The lowest BCUT2D eigenvalue weighted by atomic mass is 9.80. The molecule has 3 heteroatoms. The van der Waals surface area contributed by atoms with Crippen molar-refractivity contribution in [3.05, 3.63) is 53.6 Å². The van der Waals surface area contributed by atoms with E-state index in [2.05, 4.69) is 91.0 Å². The maximum Gasteiger partial charge on any atom is 0.123 e. The average Bonchev–Trinajstić information content (AvgIpc) is 2.64. The van der Waals surface area contributed by atoms with Gasteiger partial charge in [0.25, 0.3) is 0 Å². The molecule has 0 radical (unpaired) electrons. The lowest BCUT2D eigenvalue weighted by molar-refractivity contribution is 0.289. The summed E-state index contributed by atoms with van der Waals surface area (Å²) in [6, 6.07) is 14.8. The molecule has 1 N–H and O–H groups in total. The standard InChI is InChI=1S/C27H41NO2/c1-20(2)14-16-29-23-11-9-10-22(19-23)28-15-17-30-25-13-12-21(26(3,4)5)18-24(25)27(6,7)8/h9-13,18-20,28H,14-17H2,1-8H3. The minimum Gasteiger partial charge on any atom is -0.494 e. The van der Waals surface area contributed by atoms with Crippen molar-refractivity contribution >= 4 is 5.69 Å². The Hall–Kier alpha value is -2.16. The third-order valence-electron chi connectivity index (χ3n) is 5.14. The highest BCUT2D eigenvalue weighted by Crippen LogP contribution is 2.35. The second-order valence-corrected chi connectivity index (χ2v) is 10.5. The van der Waals surface area contributed by atoms with E-state index in [1.54, 1.807) is 0 Å². The van der Waals surface area contributed by atoms with Gasteiger partial charge in [-0.3, -0.25) is 0 Å². The molecule has 0 saturated carbocycles. The first-order chi connectivity index (χ1) is 14.0. The first kappa shape index (κ1) is 24.1. The van der Waals surface area contributed by atoms with Gasteiger partial charge in [0.1, 0.15) is 18.1 Å². The second-order valence-electron chi connectivity index (χ2n) is 10.5. The molecule has 0 atom stereocenters. The molecule has 2 rings (SSSR count). The average molecular weight is 412 g/mol. The van der Waals surface area contributed by atoms with E-state index in [-0.39, 0.29) is 10.8 Å². The van der Waals surface area contributed by atoms with Crippen LogP contribution in [0.15, 0.2) is 42.5 Å². The molecule has 30 heavy (non-hydrogen) atoms. The van der Waals surface area contributed by atoms with Crippen molar-refractivity contribution in [3.8, 4) is 11.5 Å². The lowest BCUT2D eigenvalue weighted by Crippen LogP contribution is -2.19. The van der Waals surface area contributed by atoms with Crippen LogP contribution in [0.3, 0.4) is 0 Å². The Labute approximate surface area is 184 Å². The van der Waals surface area contributed by atoms with E-state index in [9.17, 15) is 0 Å². The first-order valence-corrected chi connectivity index (χ1v) is 11.2. The SMILES string of the molecule is CC(C)CCOc1cccc(NCCOc2ccc(C(C)(C)C)cc2C(C)(C)C)c1. The van der Waals surface area contributed by atoms with Crippen molar-refractivity contribution in [2.45, 2.75) is 72.6 Å². The molecule has 3 nitrogen and oxygen atoms in total. The molecular weight excluding hydrogens is 370 g/mol. The van der Waals surface area contributed by atoms with E-state index in [4.69, 9.17) is 9.47 Å². The van der Waals surface area contributed by atoms with Crippen molar-refractivity contribution in [1.29, 1.82) is 0 Å². The molecule has 0 unspecified atom stereocenters. The van der Waals surface area contributed by atoms with Crippen molar-refractivity contribution < 1.29 is 9.47 Å². The third kappa shape index (κ3) is 7.59. The van der Waals surface area contributed by atoms with Crippen LogP contribution in [0.4, 0.5) is 5.69 Å². The van der Waals surface area contributed by atoms with Crippen LogP contribution in [0.1, 0.15) is 72.9 Å². The monoisotopic (exact) mass is 411 g/mol. The number of ether oxygens (including phenoxy) is 2. The van der Waals surface area contributed by atoms with Crippen LogP contribution in [0, 0.1) is 5.92 Å². The van der Waals surface area contributed by atoms with E-state index in [0.29, 0.717) is 12.5 Å². The van der Waals surface area contributed by atoms with Gasteiger partial charge in [0, 0.05) is 18.3 Å². The molecule has 0 spiro atoms. The molecule has 0 bridgehead atoms. The van der Waals surface area contributed by atoms with Gasteiger partial charge in [0.15, 0.2) is 0 Å². The molecule has 0 amide bonds. The zero-order chi connectivity index (χ0) is 22.4. The number of anilines is 1. The van der Waals surface area contributed by atoms with Gasteiger partial charge < -0.3 is 14.8 Å². The number of rotatable bonds is 9. The summed E-state index contributed by atoms with van der Waals surface area (Å²) >= 11 is 0. The van der Waals surface area contributed by atoms with Crippen LogP contribution in [0.25, 0.3) is 0 Å². The quantitative estimate of drug-likeness (QED) is 0.443. The molecule has 166 valence electrons. The van der Waals surface area contributed by atoms with Gasteiger partial charge in [-0.2, -0.15) is 0 Å². The summed E-state index contributed by atoms with van der Waals surface area (Å²) < 4.78 is 12.0. The topological polar surface area (TPSA) is 30.5 Å². The Kier molecular flexibility index (Phi) is 8.23. The largest absolute Gasteiger partial charge is 0.494 e. The molecule has 0 fully saturated rings. The molecule has 2 aromatic rings.